The summed E-state index contributed by atoms with van der Waals surface area (Å²) in [6.07, 6.45) is 1.92. The highest BCUT2D eigenvalue weighted by Crippen LogP contribution is 2.28. The molecule has 2 nitrogen and oxygen atoms in total. The highest BCUT2D eigenvalue weighted by molar-refractivity contribution is 7.99. The zero-order chi connectivity index (χ0) is 12.3. The molecular weight excluding hydrogens is 259 g/mol. The maximum Gasteiger partial charge on any atom is 0.142 e. The molecule has 2 rings (SSSR count). The molecule has 1 aliphatic heterocycles. The predicted molar refractivity (Wildman–Crippen MR) is 71.7 cm³/mol. The van der Waals surface area contributed by atoms with Gasteiger partial charge in [-0.1, -0.05) is 17.7 Å². The van der Waals surface area contributed by atoms with E-state index in [1.165, 1.54) is 18.2 Å². The molecule has 0 saturated carbocycles. The molecule has 5 heteroatoms. The summed E-state index contributed by atoms with van der Waals surface area (Å²) < 4.78 is 13.3. The predicted octanol–water partition coefficient (Wildman–Crippen LogP) is 2.61. The topological polar surface area (TPSA) is 38.0 Å². The van der Waals surface area contributed by atoms with Crippen molar-refractivity contribution in [2.75, 3.05) is 11.5 Å². The first-order chi connectivity index (χ1) is 8.20. The average molecular weight is 275 g/mol. The maximum absolute atomic E-state index is 13.3. The lowest BCUT2D eigenvalue weighted by Crippen LogP contribution is -2.42. The van der Waals surface area contributed by atoms with Gasteiger partial charge in [0.25, 0.3) is 0 Å². The van der Waals surface area contributed by atoms with E-state index < -0.39 is 0 Å². The fraction of sp³-hybridized carbons (Fsp3) is 0.500. The zero-order valence-corrected chi connectivity index (χ0v) is 11.0. The molecule has 2 atom stereocenters. The average Bonchev–Trinajstić information content (AvgIpc) is 2.84. The third kappa shape index (κ3) is 3.35. The number of nitrogens with one attached hydrogen (secondary N) is 1. The van der Waals surface area contributed by atoms with E-state index in [9.17, 15) is 4.39 Å². The van der Waals surface area contributed by atoms with Crippen molar-refractivity contribution in [3.05, 3.63) is 34.6 Å². The van der Waals surface area contributed by atoms with Crippen molar-refractivity contribution < 1.29 is 4.39 Å². The Morgan fingerprint density at radius 3 is 3.00 bits per heavy atom. The van der Waals surface area contributed by atoms with Crippen LogP contribution in [0.2, 0.25) is 5.02 Å². The van der Waals surface area contributed by atoms with Gasteiger partial charge in [-0.3, -0.25) is 11.3 Å². The van der Waals surface area contributed by atoms with E-state index in [2.05, 4.69) is 5.43 Å². The van der Waals surface area contributed by atoms with Crippen molar-refractivity contribution in [3.8, 4) is 0 Å². The van der Waals surface area contributed by atoms with E-state index in [-0.39, 0.29) is 16.9 Å². The molecule has 17 heavy (non-hydrogen) atoms. The van der Waals surface area contributed by atoms with Crippen LogP contribution in [0, 0.1) is 11.7 Å². The first-order valence-electron chi connectivity index (χ1n) is 5.68. The summed E-state index contributed by atoms with van der Waals surface area (Å²) in [5.74, 6) is 8.12. The molecule has 1 aromatic carbocycles. The van der Waals surface area contributed by atoms with Crippen LogP contribution in [0.15, 0.2) is 18.2 Å². The Bertz CT molecular complexity index is 383. The van der Waals surface area contributed by atoms with Crippen molar-refractivity contribution in [3.63, 3.8) is 0 Å². The van der Waals surface area contributed by atoms with Gasteiger partial charge in [0, 0.05) is 6.04 Å². The van der Waals surface area contributed by atoms with Crippen LogP contribution in [0.4, 0.5) is 4.39 Å². The summed E-state index contributed by atoms with van der Waals surface area (Å²) in [6, 6.07) is 5.17. The van der Waals surface area contributed by atoms with Gasteiger partial charge in [-0.2, -0.15) is 11.8 Å². The lowest BCUT2D eigenvalue weighted by Gasteiger charge is -2.22. The molecule has 2 unspecified atom stereocenters. The standard InChI is InChI=1S/C12H16ClFN2S/c13-10-2-1-8(5-11(10)14)6-12(16-15)9-3-4-17-7-9/h1-2,5,9,12,16H,3-4,6-7,15H2. The Balaban J connectivity index is 2.04. The van der Waals surface area contributed by atoms with Crippen molar-refractivity contribution in [1.82, 2.24) is 5.43 Å². The Hall–Kier alpha value is -0.290. The maximum atomic E-state index is 13.3. The van der Waals surface area contributed by atoms with E-state index in [1.54, 1.807) is 6.07 Å². The van der Waals surface area contributed by atoms with Gasteiger partial charge in [0.1, 0.15) is 5.82 Å². The summed E-state index contributed by atoms with van der Waals surface area (Å²) in [7, 11) is 0. The fourth-order valence-corrected chi connectivity index (χ4v) is 3.61. The number of hydrogen-bond acceptors (Lipinski definition) is 3. The third-order valence-electron chi connectivity index (χ3n) is 3.19. The Morgan fingerprint density at radius 1 is 1.59 bits per heavy atom. The molecule has 0 aromatic heterocycles. The number of rotatable bonds is 4. The molecule has 94 valence electrons. The van der Waals surface area contributed by atoms with Gasteiger partial charge in [-0.15, -0.1) is 0 Å². The monoisotopic (exact) mass is 274 g/mol. The molecule has 0 aliphatic carbocycles. The van der Waals surface area contributed by atoms with Crippen LogP contribution < -0.4 is 11.3 Å². The molecule has 1 heterocycles. The molecule has 3 N–H and O–H groups in total. The quantitative estimate of drug-likeness (QED) is 0.655. The minimum absolute atomic E-state index is 0.169. The Morgan fingerprint density at radius 2 is 2.41 bits per heavy atom. The smallest absolute Gasteiger partial charge is 0.142 e. The van der Waals surface area contributed by atoms with Crippen molar-refractivity contribution in [2.24, 2.45) is 11.8 Å². The van der Waals surface area contributed by atoms with E-state index in [0.717, 1.165) is 17.7 Å². The first-order valence-corrected chi connectivity index (χ1v) is 7.21. The van der Waals surface area contributed by atoms with Crippen molar-refractivity contribution >= 4 is 23.4 Å². The van der Waals surface area contributed by atoms with Crippen LogP contribution in [0.3, 0.4) is 0 Å². The molecule has 1 fully saturated rings. The number of nitrogens with two attached hydrogens (primary N) is 1. The van der Waals surface area contributed by atoms with Gasteiger partial charge in [-0.05, 0) is 48.0 Å². The summed E-state index contributed by atoms with van der Waals surface area (Å²) in [6.45, 7) is 0. The summed E-state index contributed by atoms with van der Waals surface area (Å²) in [5, 5.41) is 0.169. The van der Waals surface area contributed by atoms with Crippen LogP contribution in [-0.2, 0) is 6.42 Å². The molecule has 1 saturated heterocycles. The van der Waals surface area contributed by atoms with Crippen molar-refractivity contribution in [2.45, 2.75) is 18.9 Å². The normalized spacial score (nSPS) is 21.7. The molecule has 1 aromatic rings. The second kappa shape index (κ2) is 6.05. The van der Waals surface area contributed by atoms with Crippen LogP contribution >= 0.6 is 23.4 Å². The fourth-order valence-electron chi connectivity index (χ4n) is 2.15. The van der Waals surface area contributed by atoms with Gasteiger partial charge in [0.05, 0.1) is 5.02 Å². The van der Waals surface area contributed by atoms with E-state index in [4.69, 9.17) is 17.4 Å². The van der Waals surface area contributed by atoms with Gasteiger partial charge in [0.15, 0.2) is 0 Å². The highest BCUT2D eigenvalue weighted by Gasteiger charge is 2.24. The summed E-state index contributed by atoms with van der Waals surface area (Å²) in [5.41, 5.74) is 3.79. The Labute approximate surface area is 110 Å². The largest absolute Gasteiger partial charge is 0.271 e. The lowest BCUT2D eigenvalue weighted by atomic mass is 9.93. The first kappa shape index (κ1) is 13.1. The lowest BCUT2D eigenvalue weighted by molar-refractivity contribution is 0.385. The summed E-state index contributed by atoms with van der Waals surface area (Å²) in [4.78, 5) is 0. The summed E-state index contributed by atoms with van der Waals surface area (Å²) >= 11 is 7.61. The number of hydrogen-bond donors (Lipinski definition) is 2. The van der Waals surface area contributed by atoms with E-state index in [1.807, 2.05) is 17.8 Å². The second-order valence-electron chi connectivity index (χ2n) is 4.35. The van der Waals surface area contributed by atoms with Crippen LogP contribution in [0.1, 0.15) is 12.0 Å². The van der Waals surface area contributed by atoms with E-state index >= 15 is 0 Å². The SMILES string of the molecule is NNC(Cc1ccc(Cl)c(F)c1)C1CCSC1. The van der Waals surface area contributed by atoms with Gasteiger partial charge >= 0.3 is 0 Å². The van der Waals surface area contributed by atoms with Gasteiger partial charge in [-0.25, -0.2) is 4.39 Å². The van der Waals surface area contributed by atoms with Crippen LogP contribution in [0.5, 0.6) is 0 Å². The highest BCUT2D eigenvalue weighted by atomic mass is 35.5. The number of hydrazine groups is 1. The molecule has 1 aliphatic rings. The Kier molecular flexibility index (Phi) is 4.68. The minimum Gasteiger partial charge on any atom is -0.271 e. The molecule has 0 radical (unpaired) electrons. The van der Waals surface area contributed by atoms with Crippen LogP contribution in [0.25, 0.3) is 0 Å². The van der Waals surface area contributed by atoms with E-state index in [0.29, 0.717) is 5.92 Å². The van der Waals surface area contributed by atoms with Crippen molar-refractivity contribution in [1.29, 1.82) is 0 Å². The number of halogens is 2. The second-order valence-corrected chi connectivity index (χ2v) is 5.91. The van der Waals surface area contributed by atoms with Gasteiger partial charge < -0.3 is 0 Å². The van der Waals surface area contributed by atoms with Gasteiger partial charge in [0.2, 0.25) is 0 Å². The molecule has 0 bridgehead atoms. The molecule has 0 amide bonds. The zero-order valence-electron chi connectivity index (χ0n) is 9.46. The molecule has 0 spiro atoms. The molecular formula is C12H16ClFN2S. The minimum atomic E-state index is -0.360. The van der Waals surface area contributed by atoms with Crippen LogP contribution in [-0.4, -0.2) is 17.5 Å². The number of benzene rings is 1. The number of thioether (sulfide) groups is 1. The third-order valence-corrected chi connectivity index (χ3v) is 4.68.